The van der Waals surface area contributed by atoms with E-state index in [9.17, 15) is 18.0 Å². The van der Waals surface area contributed by atoms with E-state index in [0.29, 0.717) is 5.76 Å². The van der Waals surface area contributed by atoms with Crippen molar-refractivity contribution in [2.24, 2.45) is 0 Å². The average molecular weight is 422 g/mol. The van der Waals surface area contributed by atoms with Crippen molar-refractivity contribution < 1.29 is 22.4 Å². The van der Waals surface area contributed by atoms with E-state index in [-0.39, 0.29) is 17.9 Å². The zero-order chi connectivity index (χ0) is 21.7. The maximum absolute atomic E-state index is 12.7. The number of benzene rings is 1. The molecule has 2 aromatic rings. The van der Waals surface area contributed by atoms with Crippen LogP contribution in [0, 0.1) is 6.92 Å². The predicted octanol–water partition coefficient (Wildman–Crippen LogP) is 1.86. The second-order valence-electron chi connectivity index (χ2n) is 7.79. The normalized spacial score (nSPS) is 13.0. The molecule has 0 bridgehead atoms. The molecule has 8 nitrogen and oxygen atoms in total. The number of carbonyl (C=O) groups is 2. The van der Waals surface area contributed by atoms with Gasteiger partial charge in [0.1, 0.15) is 11.8 Å². The van der Waals surface area contributed by atoms with Gasteiger partial charge in [-0.05, 0) is 52.0 Å². The first-order valence-electron chi connectivity index (χ1n) is 9.16. The number of aryl methyl sites for hydroxylation is 1. The van der Waals surface area contributed by atoms with Crippen LogP contribution in [0.3, 0.4) is 0 Å². The molecule has 1 atom stereocenters. The molecule has 3 N–H and O–H groups in total. The number of carbonyl (C=O) groups excluding carboxylic acids is 2. The van der Waals surface area contributed by atoms with Gasteiger partial charge >= 0.3 is 0 Å². The Morgan fingerprint density at radius 2 is 1.76 bits per heavy atom. The van der Waals surface area contributed by atoms with Crippen molar-refractivity contribution in [2.45, 2.75) is 57.1 Å². The lowest BCUT2D eigenvalue weighted by Crippen LogP contribution is -2.50. The van der Waals surface area contributed by atoms with E-state index in [4.69, 9.17) is 4.42 Å². The maximum atomic E-state index is 12.7. The summed E-state index contributed by atoms with van der Waals surface area (Å²) >= 11 is 0. The van der Waals surface area contributed by atoms with Crippen molar-refractivity contribution in [3.8, 4) is 0 Å². The number of furan rings is 1. The summed E-state index contributed by atoms with van der Waals surface area (Å²) in [5, 5.41) is 5.33. The van der Waals surface area contributed by atoms with E-state index in [0.717, 1.165) is 5.56 Å². The third-order valence-corrected chi connectivity index (χ3v) is 5.35. The zero-order valence-electron chi connectivity index (χ0n) is 17.0. The number of amides is 2. The van der Waals surface area contributed by atoms with E-state index in [1.807, 2.05) is 6.92 Å². The van der Waals surface area contributed by atoms with Crippen molar-refractivity contribution in [3.05, 3.63) is 54.0 Å². The summed E-state index contributed by atoms with van der Waals surface area (Å²) in [6, 6.07) is 8.29. The summed E-state index contributed by atoms with van der Waals surface area (Å²) < 4.78 is 32.9. The smallest absolute Gasteiger partial charge is 0.241 e. The Morgan fingerprint density at radius 1 is 1.10 bits per heavy atom. The Morgan fingerprint density at radius 3 is 2.31 bits per heavy atom. The molecule has 0 aliphatic heterocycles. The predicted molar refractivity (Wildman–Crippen MR) is 108 cm³/mol. The van der Waals surface area contributed by atoms with Crippen LogP contribution in [0.15, 0.2) is 52.0 Å². The highest BCUT2D eigenvalue weighted by Crippen LogP contribution is 2.12. The maximum Gasteiger partial charge on any atom is 0.241 e. The first-order chi connectivity index (χ1) is 13.5. The lowest BCUT2D eigenvalue weighted by molar-refractivity contribution is -0.128. The molecule has 0 aliphatic rings. The molecule has 0 radical (unpaired) electrons. The van der Waals surface area contributed by atoms with Crippen molar-refractivity contribution >= 4 is 21.8 Å². The van der Waals surface area contributed by atoms with E-state index in [1.54, 1.807) is 45.0 Å². The molecule has 1 aromatic carbocycles. The minimum Gasteiger partial charge on any atom is -0.467 e. The first-order valence-corrected chi connectivity index (χ1v) is 10.6. The molecule has 0 saturated carbocycles. The van der Waals surface area contributed by atoms with E-state index in [1.165, 1.54) is 18.4 Å². The lowest BCUT2D eigenvalue weighted by atomic mass is 10.1. The monoisotopic (exact) mass is 421 g/mol. The van der Waals surface area contributed by atoms with Gasteiger partial charge in [-0.15, -0.1) is 0 Å². The Labute approximate surface area is 171 Å². The molecular formula is C20H27N3O5S. The molecule has 29 heavy (non-hydrogen) atoms. The zero-order valence-corrected chi connectivity index (χ0v) is 17.8. The van der Waals surface area contributed by atoms with Crippen LogP contribution in [0.25, 0.3) is 0 Å². The van der Waals surface area contributed by atoms with E-state index in [2.05, 4.69) is 15.4 Å². The summed E-state index contributed by atoms with van der Waals surface area (Å²) in [6.45, 7) is 7.31. The largest absolute Gasteiger partial charge is 0.467 e. The highest BCUT2D eigenvalue weighted by atomic mass is 32.2. The standard InChI is InChI=1S/C20H27N3O5S/c1-14-7-9-16(10-8-14)29(26,27)23-17(12-18(24)22-20(2,3)4)19(25)21-13-15-6-5-11-28-15/h5-11,17,23H,12-13H2,1-4H3,(H,21,25)(H,22,24)/t17-/m0/s1. The number of rotatable bonds is 8. The third kappa shape index (κ3) is 7.35. The summed E-state index contributed by atoms with van der Waals surface area (Å²) in [5.74, 6) is -0.555. The van der Waals surface area contributed by atoms with E-state index < -0.39 is 33.4 Å². The highest BCUT2D eigenvalue weighted by Gasteiger charge is 2.29. The molecule has 1 aromatic heterocycles. The Balaban J connectivity index is 2.17. The van der Waals surface area contributed by atoms with Gasteiger partial charge in [0.2, 0.25) is 21.8 Å². The van der Waals surface area contributed by atoms with Crippen LogP contribution in [-0.4, -0.2) is 31.8 Å². The third-order valence-electron chi connectivity index (χ3n) is 3.87. The molecule has 0 aliphatic carbocycles. The minimum absolute atomic E-state index is 0.0168. The van der Waals surface area contributed by atoms with Gasteiger partial charge in [0, 0.05) is 5.54 Å². The molecule has 0 saturated heterocycles. The Kier molecular flexibility index (Phi) is 7.21. The van der Waals surface area contributed by atoms with Crippen LogP contribution in [0.5, 0.6) is 0 Å². The minimum atomic E-state index is -4.00. The molecule has 158 valence electrons. The molecule has 2 rings (SSSR count). The summed E-state index contributed by atoms with van der Waals surface area (Å²) in [6.07, 6.45) is 1.13. The Hall–Kier alpha value is -2.65. The highest BCUT2D eigenvalue weighted by molar-refractivity contribution is 7.89. The molecule has 0 spiro atoms. The van der Waals surface area contributed by atoms with Crippen LogP contribution in [0.1, 0.15) is 38.5 Å². The SMILES string of the molecule is Cc1ccc(S(=O)(=O)N[C@@H](CC(=O)NC(C)(C)C)C(=O)NCc2ccco2)cc1. The average Bonchev–Trinajstić information content (AvgIpc) is 3.11. The van der Waals surface area contributed by atoms with Gasteiger partial charge in [0.15, 0.2) is 0 Å². The van der Waals surface area contributed by atoms with Crippen LogP contribution in [0.4, 0.5) is 0 Å². The Bertz CT molecular complexity index is 929. The second kappa shape index (κ2) is 9.23. The van der Waals surface area contributed by atoms with Crippen LogP contribution in [-0.2, 0) is 26.2 Å². The molecule has 0 fully saturated rings. The molecule has 9 heteroatoms. The molecule has 1 heterocycles. The van der Waals surface area contributed by atoms with Gasteiger partial charge in [-0.2, -0.15) is 4.72 Å². The number of nitrogens with one attached hydrogen (secondary N) is 3. The van der Waals surface area contributed by atoms with Crippen molar-refractivity contribution in [3.63, 3.8) is 0 Å². The lowest BCUT2D eigenvalue weighted by Gasteiger charge is -2.23. The van der Waals surface area contributed by atoms with Crippen LogP contribution in [0.2, 0.25) is 0 Å². The van der Waals surface area contributed by atoms with Gasteiger partial charge in [-0.1, -0.05) is 17.7 Å². The molecule has 0 unspecified atom stereocenters. The number of hydrogen-bond acceptors (Lipinski definition) is 5. The summed E-state index contributed by atoms with van der Waals surface area (Å²) in [4.78, 5) is 25.0. The second-order valence-corrected chi connectivity index (χ2v) is 9.50. The van der Waals surface area contributed by atoms with Gasteiger partial charge in [0.25, 0.3) is 0 Å². The topological polar surface area (TPSA) is 118 Å². The molecule has 2 amide bonds. The number of sulfonamides is 1. The van der Waals surface area contributed by atoms with Gasteiger partial charge in [0.05, 0.1) is 24.1 Å². The fraction of sp³-hybridized carbons (Fsp3) is 0.400. The van der Waals surface area contributed by atoms with Crippen LogP contribution < -0.4 is 15.4 Å². The van der Waals surface area contributed by atoms with Crippen molar-refractivity contribution in [1.29, 1.82) is 0 Å². The molecular weight excluding hydrogens is 394 g/mol. The van der Waals surface area contributed by atoms with Gasteiger partial charge < -0.3 is 15.1 Å². The van der Waals surface area contributed by atoms with Crippen LogP contribution >= 0.6 is 0 Å². The number of hydrogen-bond donors (Lipinski definition) is 3. The quantitative estimate of drug-likeness (QED) is 0.601. The fourth-order valence-corrected chi connectivity index (χ4v) is 3.72. The fourth-order valence-electron chi connectivity index (χ4n) is 2.53. The van der Waals surface area contributed by atoms with Gasteiger partial charge in [-0.25, -0.2) is 8.42 Å². The summed E-state index contributed by atoms with van der Waals surface area (Å²) in [7, 11) is -4.00. The van der Waals surface area contributed by atoms with Crippen molar-refractivity contribution in [1.82, 2.24) is 15.4 Å². The van der Waals surface area contributed by atoms with Crippen molar-refractivity contribution in [2.75, 3.05) is 0 Å². The summed E-state index contributed by atoms with van der Waals surface area (Å²) in [5.41, 5.74) is 0.392. The van der Waals surface area contributed by atoms with E-state index >= 15 is 0 Å². The van der Waals surface area contributed by atoms with Gasteiger partial charge in [-0.3, -0.25) is 9.59 Å². The first kappa shape index (κ1) is 22.6.